The minimum atomic E-state index is -1.98. The molecule has 1 aliphatic rings. The van der Waals surface area contributed by atoms with Crippen molar-refractivity contribution < 1.29 is 4.57 Å². The highest BCUT2D eigenvalue weighted by Gasteiger charge is 2.27. The Morgan fingerprint density at radius 2 is 1.94 bits per heavy atom. The Bertz CT molecular complexity index is 376. The lowest BCUT2D eigenvalue weighted by Gasteiger charge is -2.24. The van der Waals surface area contributed by atoms with E-state index in [2.05, 4.69) is 17.4 Å². The molecule has 1 atom stereocenters. The van der Waals surface area contributed by atoms with Gasteiger partial charge in [-0.2, -0.15) is 0 Å². The van der Waals surface area contributed by atoms with Gasteiger partial charge in [0.2, 0.25) is 0 Å². The molecule has 1 aromatic carbocycles. The molecule has 1 heterocycles. The number of nitrogens with one attached hydrogen (secondary N) is 1. The van der Waals surface area contributed by atoms with E-state index >= 15 is 0 Å². The number of hydrogen-bond acceptors (Lipinski definition) is 2. The highest BCUT2D eigenvalue weighted by molar-refractivity contribution is 7.71. The lowest BCUT2D eigenvalue weighted by atomic mass is 10.1. The van der Waals surface area contributed by atoms with Crippen LogP contribution in [0.3, 0.4) is 0 Å². The highest BCUT2D eigenvalue weighted by atomic mass is 31.2. The molecule has 0 saturated carbocycles. The molecule has 0 fully saturated rings. The number of hydrogen-bond donors (Lipinski definition) is 1. The van der Waals surface area contributed by atoms with Gasteiger partial charge in [0.25, 0.3) is 0 Å². The van der Waals surface area contributed by atoms with Crippen molar-refractivity contribution in [1.82, 2.24) is 5.32 Å². The summed E-state index contributed by atoms with van der Waals surface area (Å²) in [4.78, 5) is 0. The molecule has 1 unspecified atom stereocenters. The molecule has 2 rings (SSSR count). The van der Waals surface area contributed by atoms with Crippen LogP contribution >= 0.6 is 7.14 Å². The first-order chi connectivity index (χ1) is 7.68. The van der Waals surface area contributed by atoms with E-state index in [9.17, 15) is 4.57 Å². The van der Waals surface area contributed by atoms with Crippen molar-refractivity contribution >= 4 is 12.4 Å². The first-order valence-corrected chi connectivity index (χ1v) is 8.00. The summed E-state index contributed by atoms with van der Waals surface area (Å²) in [7, 11) is 1.77. The molecule has 1 N–H and O–H groups in total. The largest absolute Gasteiger partial charge is 0.323 e. The minimum Gasteiger partial charge on any atom is -0.323 e. The van der Waals surface area contributed by atoms with Crippen molar-refractivity contribution in [3.8, 4) is 0 Å². The van der Waals surface area contributed by atoms with Crippen LogP contribution in [0.15, 0.2) is 24.3 Å². The second kappa shape index (κ2) is 6.22. The third kappa shape index (κ3) is 2.96. The zero-order chi connectivity index (χ0) is 12.0. The van der Waals surface area contributed by atoms with Gasteiger partial charge < -0.3 is 9.88 Å². The molecule has 0 amide bonds. The van der Waals surface area contributed by atoms with Gasteiger partial charge in [0.05, 0.1) is 0 Å². The molecule has 0 saturated heterocycles. The lowest BCUT2D eigenvalue weighted by Crippen LogP contribution is -2.20. The summed E-state index contributed by atoms with van der Waals surface area (Å²) in [5, 5.41) is 3.91. The quantitative estimate of drug-likeness (QED) is 0.763. The van der Waals surface area contributed by atoms with Crippen LogP contribution in [0.4, 0.5) is 0 Å². The van der Waals surface area contributed by atoms with Gasteiger partial charge in [0.15, 0.2) is 0 Å². The number of benzene rings is 1. The zero-order valence-electron chi connectivity index (χ0n) is 10.5. The number of fused-ring (bicyclic) bond motifs is 1. The lowest BCUT2D eigenvalue weighted by molar-refractivity contribution is 0.578. The summed E-state index contributed by atoms with van der Waals surface area (Å²) < 4.78 is 12.4. The average molecular weight is 239 g/mol. The molecule has 2 nitrogen and oxygen atoms in total. The normalized spacial score (nSPS) is 22.9. The van der Waals surface area contributed by atoms with Crippen LogP contribution in [0.5, 0.6) is 0 Å². The van der Waals surface area contributed by atoms with Gasteiger partial charge in [-0.1, -0.05) is 31.2 Å². The maximum Gasteiger partial charge on any atom is 0.115 e. The van der Waals surface area contributed by atoms with Crippen molar-refractivity contribution in [1.29, 1.82) is 0 Å². The molecule has 1 aliphatic heterocycles. The predicted octanol–water partition coefficient (Wildman–Crippen LogP) is 2.48. The molecule has 0 radical (unpaired) electrons. The molecule has 0 bridgehead atoms. The van der Waals surface area contributed by atoms with Gasteiger partial charge in [0.1, 0.15) is 7.14 Å². The fraction of sp³-hybridized carbons (Fsp3) is 0.538. The minimum absolute atomic E-state index is 0.823. The van der Waals surface area contributed by atoms with E-state index in [0.29, 0.717) is 0 Å². The number of aryl methyl sites for hydroxylation is 1. The predicted molar refractivity (Wildman–Crippen MR) is 72.4 cm³/mol. The summed E-state index contributed by atoms with van der Waals surface area (Å²) in [6, 6.07) is 8.23. The highest BCUT2D eigenvalue weighted by Crippen LogP contribution is 2.48. The second-order valence-corrected chi connectivity index (χ2v) is 7.50. The molecule has 0 aliphatic carbocycles. The molecular formula is C13H22NOP. The third-order valence-electron chi connectivity index (χ3n) is 2.91. The average Bonchev–Trinajstić information content (AvgIpc) is 2.31. The van der Waals surface area contributed by atoms with Gasteiger partial charge in [0, 0.05) is 17.6 Å². The van der Waals surface area contributed by atoms with E-state index in [1.807, 2.05) is 33.2 Å². The van der Waals surface area contributed by atoms with Crippen LogP contribution in [0.2, 0.25) is 0 Å². The fourth-order valence-electron chi connectivity index (χ4n) is 2.09. The van der Waals surface area contributed by atoms with Crippen molar-refractivity contribution in [3.05, 3.63) is 29.8 Å². The van der Waals surface area contributed by atoms with E-state index in [-0.39, 0.29) is 0 Å². The van der Waals surface area contributed by atoms with Crippen molar-refractivity contribution in [2.45, 2.75) is 19.8 Å². The first-order valence-electron chi connectivity index (χ1n) is 5.93. The van der Waals surface area contributed by atoms with Crippen molar-refractivity contribution in [2.24, 2.45) is 0 Å². The summed E-state index contributed by atoms with van der Waals surface area (Å²) in [5.74, 6) is 0. The van der Waals surface area contributed by atoms with E-state index in [4.69, 9.17) is 0 Å². The van der Waals surface area contributed by atoms with Gasteiger partial charge in [-0.25, -0.2) is 0 Å². The summed E-state index contributed by atoms with van der Waals surface area (Å²) >= 11 is 0. The SMILES string of the molecule is CCP1(=O)CCCc2ccccc21.CNC. The smallest absolute Gasteiger partial charge is 0.115 e. The first kappa shape index (κ1) is 13.5. The van der Waals surface area contributed by atoms with Gasteiger partial charge >= 0.3 is 0 Å². The maximum atomic E-state index is 12.4. The molecular weight excluding hydrogens is 217 g/mol. The van der Waals surface area contributed by atoms with E-state index < -0.39 is 7.14 Å². The van der Waals surface area contributed by atoms with Crippen LogP contribution in [0, 0.1) is 0 Å². The Balaban J connectivity index is 0.000000386. The van der Waals surface area contributed by atoms with Gasteiger partial charge in [-0.05, 0) is 32.5 Å². The van der Waals surface area contributed by atoms with Gasteiger partial charge in [-0.3, -0.25) is 0 Å². The van der Waals surface area contributed by atoms with Crippen molar-refractivity contribution in [3.63, 3.8) is 0 Å². The Morgan fingerprint density at radius 1 is 1.31 bits per heavy atom. The molecule has 0 aromatic heterocycles. The Kier molecular flexibility index (Phi) is 5.24. The molecule has 1 aromatic rings. The maximum absolute atomic E-state index is 12.4. The molecule has 3 heteroatoms. The number of rotatable bonds is 1. The van der Waals surface area contributed by atoms with Crippen LogP contribution in [0.1, 0.15) is 18.9 Å². The Morgan fingerprint density at radius 3 is 2.56 bits per heavy atom. The van der Waals surface area contributed by atoms with Crippen LogP contribution in [0.25, 0.3) is 0 Å². The van der Waals surface area contributed by atoms with E-state index in [0.717, 1.165) is 30.5 Å². The Hall–Kier alpha value is -0.590. The second-order valence-electron chi connectivity index (χ2n) is 4.16. The summed E-state index contributed by atoms with van der Waals surface area (Å²) in [5.41, 5.74) is 1.32. The summed E-state index contributed by atoms with van der Waals surface area (Å²) in [6.07, 6.45) is 3.95. The standard InChI is InChI=1S/C11H15OP.C2H7N/c1-2-13(12)9-5-7-10-6-3-4-8-11(10)13;1-3-2/h3-4,6,8H,2,5,7,9H2,1H3;3H,1-2H3. The van der Waals surface area contributed by atoms with E-state index in [1.165, 1.54) is 5.56 Å². The van der Waals surface area contributed by atoms with Crippen molar-refractivity contribution in [2.75, 3.05) is 26.4 Å². The monoisotopic (exact) mass is 239 g/mol. The van der Waals surface area contributed by atoms with Crippen LogP contribution in [-0.2, 0) is 11.0 Å². The van der Waals surface area contributed by atoms with Gasteiger partial charge in [-0.15, -0.1) is 0 Å². The molecule has 16 heavy (non-hydrogen) atoms. The van der Waals surface area contributed by atoms with E-state index in [1.54, 1.807) is 0 Å². The third-order valence-corrected chi connectivity index (χ3v) is 6.28. The Labute approximate surface area is 98.8 Å². The van der Waals surface area contributed by atoms with Crippen LogP contribution in [-0.4, -0.2) is 26.4 Å². The summed E-state index contributed by atoms with van der Waals surface area (Å²) in [6.45, 7) is 2.04. The topological polar surface area (TPSA) is 29.1 Å². The molecule has 90 valence electrons. The van der Waals surface area contributed by atoms with Crippen LogP contribution < -0.4 is 10.6 Å². The fourth-order valence-corrected chi connectivity index (χ4v) is 4.73. The molecule has 0 spiro atoms. The zero-order valence-corrected chi connectivity index (χ0v) is 11.4.